The molecule has 22 heavy (non-hydrogen) atoms. The molecule has 0 spiro atoms. The number of hydrogen-bond acceptors (Lipinski definition) is 4. The van der Waals surface area contributed by atoms with E-state index in [1.54, 1.807) is 11.8 Å². The van der Waals surface area contributed by atoms with E-state index in [4.69, 9.17) is 5.84 Å². The van der Waals surface area contributed by atoms with Crippen molar-refractivity contribution in [2.75, 3.05) is 5.84 Å². The molecule has 0 aliphatic rings. The van der Waals surface area contributed by atoms with Crippen LogP contribution in [0.15, 0.2) is 62.6 Å². The van der Waals surface area contributed by atoms with Gasteiger partial charge in [-0.05, 0) is 29.8 Å². The summed E-state index contributed by atoms with van der Waals surface area (Å²) in [6.45, 7) is 0. The molecule has 0 amide bonds. The summed E-state index contributed by atoms with van der Waals surface area (Å²) in [7, 11) is 0. The van der Waals surface area contributed by atoms with Crippen LogP contribution in [0.4, 0.5) is 0 Å². The van der Waals surface area contributed by atoms with Crippen LogP contribution in [-0.2, 0) is 5.75 Å². The van der Waals surface area contributed by atoms with Gasteiger partial charge in [-0.3, -0.25) is 0 Å². The zero-order chi connectivity index (χ0) is 15.5. The van der Waals surface area contributed by atoms with Crippen LogP contribution in [0.5, 0.6) is 0 Å². The molecule has 0 unspecified atom stereocenters. The maximum Gasteiger partial charge on any atom is 0.210 e. The van der Waals surface area contributed by atoms with E-state index in [9.17, 15) is 0 Å². The molecule has 2 aromatic carbocycles. The van der Waals surface area contributed by atoms with Crippen molar-refractivity contribution in [3.05, 3.63) is 63.0 Å². The van der Waals surface area contributed by atoms with E-state index < -0.39 is 0 Å². The van der Waals surface area contributed by atoms with Crippen molar-refractivity contribution in [3.8, 4) is 11.4 Å². The molecule has 0 saturated carbocycles. The topological polar surface area (TPSA) is 56.7 Å². The minimum absolute atomic E-state index is 0.643. The molecular formula is C15H12Br2N4S. The Labute approximate surface area is 149 Å². The highest BCUT2D eigenvalue weighted by atomic mass is 79.9. The number of halogens is 2. The molecule has 2 N–H and O–H groups in total. The number of nitrogens with two attached hydrogens (primary N) is 1. The van der Waals surface area contributed by atoms with Crippen LogP contribution < -0.4 is 5.84 Å². The van der Waals surface area contributed by atoms with Crippen molar-refractivity contribution in [2.45, 2.75) is 10.9 Å². The highest BCUT2D eigenvalue weighted by molar-refractivity contribution is 9.10. The second-order valence-corrected chi connectivity index (χ2v) is 7.29. The Balaban J connectivity index is 1.81. The van der Waals surface area contributed by atoms with E-state index in [0.717, 1.165) is 20.3 Å². The maximum atomic E-state index is 6.14. The lowest BCUT2D eigenvalue weighted by Crippen LogP contribution is -2.11. The van der Waals surface area contributed by atoms with Gasteiger partial charge in [0.15, 0.2) is 5.82 Å². The van der Waals surface area contributed by atoms with E-state index in [1.165, 1.54) is 10.2 Å². The first-order chi connectivity index (χ1) is 10.6. The lowest BCUT2D eigenvalue weighted by atomic mass is 10.2. The molecular weight excluding hydrogens is 428 g/mol. The van der Waals surface area contributed by atoms with E-state index in [0.29, 0.717) is 11.0 Å². The third-order valence-electron chi connectivity index (χ3n) is 3.04. The molecule has 0 bridgehead atoms. The molecule has 0 saturated heterocycles. The molecule has 4 nitrogen and oxygen atoms in total. The number of benzene rings is 2. The number of thioether (sulfide) groups is 1. The van der Waals surface area contributed by atoms with Crippen LogP contribution >= 0.6 is 43.6 Å². The summed E-state index contributed by atoms with van der Waals surface area (Å²) < 4.78 is 3.54. The van der Waals surface area contributed by atoms with E-state index >= 15 is 0 Å². The fourth-order valence-electron chi connectivity index (χ4n) is 1.98. The lowest BCUT2D eigenvalue weighted by Gasteiger charge is -2.05. The summed E-state index contributed by atoms with van der Waals surface area (Å²) in [4.78, 5) is 0. The fourth-order valence-corrected chi connectivity index (χ4v) is 3.68. The van der Waals surface area contributed by atoms with Crippen molar-refractivity contribution in [2.24, 2.45) is 0 Å². The lowest BCUT2D eigenvalue weighted by molar-refractivity contribution is 0.849. The van der Waals surface area contributed by atoms with Crippen LogP contribution in [-0.4, -0.2) is 14.9 Å². The largest absolute Gasteiger partial charge is 0.335 e. The fraction of sp³-hybridized carbons (Fsp3) is 0.0667. The minimum Gasteiger partial charge on any atom is -0.335 e. The van der Waals surface area contributed by atoms with E-state index in [-0.39, 0.29) is 0 Å². The molecule has 1 aromatic heterocycles. The Hall–Kier alpha value is -1.31. The summed E-state index contributed by atoms with van der Waals surface area (Å²) >= 11 is 8.54. The summed E-state index contributed by atoms with van der Waals surface area (Å²) in [5, 5.41) is 9.08. The molecule has 0 aliphatic heterocycles. The molecule has 0 aliphatic carbocycles. The van der Waals surface area contributed by atoms with Crippen LogP contribution in [0.3, 0.4) is 0 Å². The molecule has 112 valence electrons. The number of aromatic nitrogens is 3. The highest BCUT2D eigenvalue weighted by Gasteiger charge is 2.14. The number of nitrogen functional groups attached to an aromatic ring is 1. The SMILES string of the molecule is Nn1c(SCc2cccc(Br)c2)nnc1-c1ccccc1Br. The van der Waals surface area contributed by atoms with Crippen molar-refractivity contribution in [1.29, 1.82) is 0 Å². The Morgan fingerprint density at radius 2 is 1.86 bits per heavy atom. The van der Waals surface area contributed by atoms with Crippen molar-refractivity contribution >= 4 is 43.6 Å². The van der Waals surface area contributed by atoms with Crippen molar-refractivity contribution in [3.63, 3.8) is 0 Å². The van der Waals surface area contributed by atoms with Gasteiger partial charge >= 0.3 is 0 Å². The Morgan fingerprint density at radius 3 is 2.64 bits per heavy atom. The second kappa shape index (κ2) is 6.85. The molecule has 7 heteroatoms. The van der Waals surface area contributed by atoms with Crippen LogP contribution in [0, 0.1) is 0 Å². The summed E-state index contributed by atoms with van der Waals surface area (Å²) in [5.41, 5.74) is 2.12. The molecule has 0 atom stereocenters. The zero-order valence-electron chi connectivity index (χ0n) is 11.4. The quantitative estimate of drug-likeness (QED) is 0.481. The third-order valence-corrected chi connectivity index (χ3v) is 5.24. The van der Waals surface area contributed by atoms with Crippen molar-refractivity contribution < 1.29 is 0 Å². The number of rotatable bonds is 4. The summed E-state index contributed by atoms with van der Waals surface area (Å²) in [5.74, 6) is 7.56. The van der Waals surface area contributed by atoms with Gasteiger partial charge in [-0.25, -0.2) is 4.68 Å². The summed E-state index contributed by atoms with van der Waals surface area (Å²) in [6, 6.07) is 16.0. The summed E-state index contributed by atoms with van der Waals surface area (Å²) in [6.07, 6.45) is 0. The van der Waals surface area contributed by atoms with Crippen LogP contribution in [0.1, 0.15) is 5.56 Å². The average Bonchev–Trinajstić information content (AvgIpc) is 2.87. The van der Waals surface area contributed by atoms with Gasteiger partial charge in [0.05, 0.1) is 0 Å². The Bertz CT molecular complexity index is 804. The third kappa shape index (κ3) is 3.37. The zero-order valence-corrected chi connectivity index (χ0v) is 15.4. The van der Waals surface area contributed by atoms with Crippen LogP contribution in [0.25, 0.3) is 11.4 Å². The molecule has 0 radical (unpaired) electrons. The smallest absolute Gasteiger partial charge is 0.210 e. The first kappa shape index (κ1) is 15.6. The monoisotopic (exact) mass is 438 g/mol. The van der Waals surface area contributed by atoms with E-state index in [2.05, 4.69) is 54.2 Å². The second-order valence-electron chi connectivity index (χ2n) is 4.57. The molecule has 0 fully saturated rings. The Morgan fingerprint density at radius 1 is 1.05 bits per heavy atom. The van der Waals surface area contributed by atoms with E-state index in [1.807, 2.05) is 36.4 Å². The molecule has 1 heterocycles. The predicted octanol–water partition coefficient (Wildman–Crippen LogP) is 4.48. The first-order valence-electron chi connectivity index (χ1n) is 6.48. The Kier molecular flexibility index (Phi) is 4.85. The normalized spacial score (nSPS) is 10.8. The molecule has 3 aromatic rings. The van der Waals surface area contributed by atoms with Gasteiger partial charge in [0.25, 0.3) is 0 Å². The van der Waals surface area contributed by atoms with Gasteiger partial charge in [-0.2, -0.15) is 0 Å². The van der Waals surface area contributed by atoms with Gasteiger partial charge in [-0.15, -0.1) is 10.2 Å². The average molecular weight is 440 g/mol. The first-order valence-corrected chi connectivity index (χ1v) is 9.05. The predicted molar refractivity (Wildman–Crippen MR) is 97.0 cm³/mol. The van der Waals surface area contributed by atoms with Gasteiger partial charge < -0.3 is 5.84 Å². The van der Waals surface area contributed by atoms with Gasteiger partial charge in [-0.1, -0.05) is 67.9 Å². The molecule has 3 rings (SSSR count). The maximum absolute atomic E-state index is 6.14. The van der Waals surface area contributed by atoms with Gasteiger partial charge in [0.2, 0.25) is 5.16 Å². The number of nitrogens with zero attached hydrogens (tertiary/aromatic N) is 3. The van der Waals surface area contributed by atoms with Gasteiger partial charge in [0, 0.05) is 20.3 Å². The standard InChI is InChI=1S/C15H12Br2N4S/c16-11-5-3-4-10(8-11)9-22-15-20-19-14(21(15)18)12-6-1-2-7-13(12)17/h1-8H,9,18H2. The van der Waals surface area contributed by atoms with Gasteiger partial charge in [0.1, 0.15) is 0 Å². The van der Waals surface area contributed by atoms with Crippen molar-refractivity contribution in [1.82, 2.24) is 14.9 Å². The minimum atomic E-state index is 0.643. The van der Waals surface area contributed by atoms with Crippen LogP contribution in [0.2, 0.25) is 0 Å². The highest BCUT2D eigenvalue weighted by Crippen LogP contribution is 2.29. The number of hydrogen-bond donors (Lipinski definition) is 1.